The number of aliphatic hydroxyl groups excluding tert-OH is 1. The first-order valence-corrected chi connectivity index (χ1v) is 6.64. The number of rotatable bonds is 5. The summed E-state index contributed by atoms with van der Waals surface area (Å²) in [5.41, 5.74) is 0.249. The molecule has 2 saturated carbocycles. The fourth-order valence-electron chi connectivity index (χ4n) is 2.71. The Morgan fingerprint density at radius 1 is 1.25 bits per heavy atom. The SMILES string of the molecule is O=C(NCC1(CCO)CC1)C1CCCCC1. The molecule has 2 N–H and O–H groups in total. The molecule has 3 nitrogen and oxygen atoms in total. The fraction of sp³-hybridized carbons (Fsp3) is 0.923. The Bertz CT molecular complexity index is 242. The van der Waals surface area contributed by atoms with Gasteiger partial charge in [0, 0.05) is 19.1 Å². The van der Waals surface area contributed by atoms with Crippen molar-refractivity contribution in [2.45, 2.75) is 51.4 Å². The summed E-state index contributed by atoms with van der Waals surface area (Å²) in [6.45, 7) is 1.03. The molecule has 0 bridgehead atoms. The average Bonchev–Trinajstić information content (AvgIpc) is 3.08. The fourth-order valence-corrected chi connectivity index (χ4v) is 2.71. The van der Waals surface area contributed by atoms with Crippen molar-refractivity contribution in [3.8, 4) is 0 Å². The van der Waals surface area contributed by atoms with Gasteiger partial charge in [0.2, 0.25) is 5.91 Å². The van der Waals surface area contributed by atoms with Gasteiger partial charge in [0.1, 0.15) is 0 Å². The quantitative estimate of drug-likeness (QED) is 0.750. The van der Waals surface area contributed by atoms with Gasteiger partial charge in [-0.25, -0.2) is 0 Å². The van der Waals surface area contributed by atoms with Crippen LogP contribution >= 0.6 is 0 Å². The molecule has 0 aromatic rings. The number of amides is 1. The van der Waals surface area contributed by atoms with Crippen LogP contribution in [0, 0.1) is 11.3 Å². The molecule has 0 atom stereocenters. The minimum atomic E-state index is 0.249. The molecule has 0 aromatic heterocycles. The molecule has 2 fully saturated rings. The van der Waals surface area contributed by atoms with Crippen LogP contribution in [0.3, 0.4) is 0 Å². The molecule has 2 aliphatic rings. The molecule has 92 valence electrons. The topological polar surface area (TPSA) is 49.3 Å². The molecule has 0 unspecified atom stereocenters. The van der Waals surface area contributed by atoms with Crippen molar-refractivity contribution in [1.29, 1.82) is 0 Å². The predicted octanol–water partition coefficient (Wildman–Crippen LogP) is 1.85. The predicted molar refractivity (Wildman–Crippen MR) is 63.0 cm³/mol. The summed E-state index contributed by atoms with van der Waals surface area (Å²) in [7, 11) is 0. The highest BCUT2D eigenvalue weighted by atomic mass is 16.3. The van der Waals surface area contributed by atoms with Crippen LogP contribution in [0.2, 0.25) is 0 Å². The first-order chi connectivity index (χ1) is 7.76. The van der Waals surface area contributed by atoms with Gasteiger partial charge in [0.05, 0.1) is 0 Å². The van der Waals surface area contributed by atoms with Crippen molar-refractivity contribution in [3.05, 3.63) is 0 Å². The lowest BCUT2D eigenvalue weighted by Gasteiger charge is -2.22. The average molecular weight is 225 g/mol. The number of hydrogen-bond donors (Lipinski definition) is 2. The van der Waals surface area contributed by atoms with E-state index in [1.165, 1.54) is 32.1 Å². The van der Waals surface area contributed by atoms with E-state index in [0.717, 1.165) is 25.8 Å². The second-order valence-corrected chi connectivity index (χ2v) is 5.53. The lowest BCUT2D eigenvalue weighted by Crippen LogP contribution is -2.36. The zero-order valence-corrected chi connectivity index (χ0v) is 10.0. The van der Waals surface area contributed by atoms with E-state index in [0.29, 0.717) is 0 Å². The number of carbonyl (C=O) groups is 1. The summed E-state index contributed by atoms with van der Waals surface area (Å²) in [4.78, 5) is 11.9. The number of carbonyl (C=O) groups excluding carboxylic acids is 1. The van der Waals surface area contributed by atoms with Crippen molar-refractivity contribution in [1.82, 2.24) is 5.32 Å². The molecular formula is C13H23NO2. The molecule has 0 radical (unpaired) electrons. The van der Waals surface area contributed by atoms with E-state index in [9.17, 15) is 4.79 Å². The number of hydrogen-bond acceptors (Lipinski definition) is 2. The van der Waals surface area contributed by atoms with Crippen molar-refractivity contribution < 1.29 is 9.90 Å². The Morgan fingerprint density at radius 3 is 2.50 bits per heavy atom. The summed E-state index contributed by atoms with van der Waals surface area (Å²) in [6, 6.07) is 0. The van der Waals surface area contributed by atoms with Gasteiger partial charge in [0.15, 0.2) is 0 Å². The van der Waals surface area contributed by atoms with Crippen molar-refractivity contribution >= 4 is 5.91 Å². The van der Waals surface area contributed by atoms with Gasteiger partial charge < -0.3 is 10.4 Å². The van der Waals surface area contributed by atoms with Gasteiger partial charge in [-0.3, -0.25) is 4.79 Å². The third kappa shape index (κ3) is 2.97. The summed E-state index contributed by atoms with van der Waals surface area (Å²) in [6.07, 6.45) is 9.02. The van der Waals surface area contributed by atoms with E-state index in [1.807, 2.05) is 0 Å². The molecule has 0 heterocycles. The summed E-state index contributed by atoms with van der Waals surface area (Å²) in [5.74, 6) is 0.516. The molecule has 16 heavy (non-hydrogen) atoms. The largest absolute Gasteiger partial charge is 0.396 e. The monoisotopic (exact) mass is 225 g/mol. The molecule has 0 saturated heterocycles. The highest BCUT2D eigenvalue weighted by Gasteiger charge is 2.42. The number of nitrogens with one attached hydrogen (secondary N) is 1. The van der Waals surface area contributed by atoms with E-state index in [-0.39, 0.29) is 23.8 Å². The molecule has 3 heteroatoms. The summed E-state index contributed by atoms with van der Waals surface area (Å²) in [5, 5.41) is 12.0. The van der Waals surface area contributed by atoms with Crippen LogP contribution in [0.4, 0.5) is 0 Å². The molecular weight excluding hydrogens is 202 g/mol. The van der Waals surface area contributed by atoms with Crippen molar-refractivity contribution in [2.75, 3.05) is 13.2 Å². The van der Waals surface area contributed by atoms with Gasteiger partial charge in [-0.05, 0) is 37.5 Å². The van der Waals surface area contributed by atoms with Crippen LogP contribution in [0.5, 0.6) is 0 Å². The molecule has 2 rings (SSSR count). The minimum Gasteiger partial charge on any atom is -0.396 e. The van der Waals surface area contributed by atoms with Crippen LogP contribution in [0.15, 0.2) is 0 Å². The van der Waals surface area contributed by atoms with Crippen LogP contribution in [-0.2, 0) is 4.79 Å². The zero-order valence-electron chi connectivity index (χ0n) is 10.0. The Kier molecular flexibility index (Phi) is 3.85. The van der Waals surface area contributed by atoms with E-state index in [4.69, 9.17) is 5.11 Å². The normalized spacial score (nSPS) is 24.1. The zero-order chi connectivity index (χ0) is 11.4. The molecule has 0 aliphatic heterocycles. The molecule has 0 aromatic carbocycles. The van der Waals surface area contributed by atoms with Crippen LogP contribution in [-0.4, -0.2) is 24.2 Å². The Hall–Kier alpha value is -0.570. The smallest absolute Gasteiger partial charge is 0.223 e. The maximum Gasteiger partial charge on any atom is 0.223 e. The van der Waals surface area contributed by atoms with Crippen molar-refractivity contribution in [2.24, 2.45) is 11.3 Å². The van der Waals surface area contributed by atoms with Crippen molar-refractivity contribution in [3.63, 3.8) is 0 Å². The summed E-state index contributed by atoms with van der Waals surface area (Å²) >= 11 is 0. The van der Waals surface area contributed by atoms with Gasteiger partial charge in [-0.15, -0.1) is 0 Å². The second-order valence-electron chi connectivity index (χ2n) is 5.53. The lowest BCUT2D eigenvalue weighted by molar-refractivity contribution is -0.126. The van der Waals surface area contributed by atoms with Gasteiger partial charge in [0.25, 0.3) is 0 Å². The highest BCUT2D eigenvalue weighted by molar-refractivity contribution is 5.78. The Balaban J connectivity index is 1.70. The van der Waals surface area contributed by atoms with E-state index in [1.54, 1.807) is 0 Å². The first kappa shape index (κ1) is 11.9. The Morgan fingerprint density at radius 2 is 1.94 bits per heavy atom. The lowest BCUT2D eigenvalue weighted by atomic mass is 9.88. The maximum atomic E-state index is 11.9. The van der Waals surface area contributed by atoms with Gasteiger partial charge in [-0.2, -0.15) is 0 Å². The van der Waals surface area contributed by atoms with E-state index >= 15 is 0 Å². The van der Waals surface area contributed by atoms with Gasteiger partial charge in [-0.1, -0.05) is 19.3 Å². The van der Waals surface area contributed by atoms with Crippen LogP contribution in [0.1, 0.15) is 51.4 Å². The Labute approximate surface area is 97.6 Å². The third-order valence-electron chi connectivity index (χ3n) is 4.21. The second kappa shape index (κ2) is 5.17. The standard InChI is InChI=1S/C13H23NO2/c15-9-8-13(6-7-13)10-14-12(16)11-4-2-1-3-5-11/h11,15H,1-10H2,(H,14,16). The van der Waals surface area contributed by atoms with E-state index in [2.05, 4.69) is 5.32 Å². The molecule has 2 aliphatic carbocycles. The molecule has 1 amide bonds. The molecule has 0 spiro atoms. The van der Waals surface area contributed by atoms with Gasteiger partial charge >= 0.3 is 0 Å². The highest BCUT2D eigenvalue weighted by Crippen LogP contribution is 2.47. The van der Waals surface area contributed by atoms with Crippen LogP contribution in [0.25, 0.3) is 0 Å². The van der Waals surface area contributed by atoms with E-state index < -0.39 is 0 Å². The summed E-state index contributed by atoms with van der Waals surface area (Å²) < 4.78 is 0. The number of aliphatic hydroxyl groups is 1. The van der Waals surface area contributed by atoms with Crippen LogP contribution < -0.4 is 5.32 Å². The first-order valence-electron chi connectivity index (χ1n) is 6.64. The maximum absolute atomic E-state index is 11.9. The third-order valence-corrected chi connectivity index (χ3v) is 4.21. The minimum absolute atomic E-state index is 0.249.